The number of rotatable bonds is 3. The van der Waals surface area contributed by atoms with E-state index in [9.17, 15) is 9.50 Å². The maximum Gasteiger partial charge on any atom is 0.319 e. The SMILES string of the molecule is Cc1cc2[nH]ncc2c2c1CCCCCC[C@@]1(O)CCCN(C1)c1nc(OC[C@@]34CCCN3C[C@H](F)C4)nc3c(F)c-2ncc13. The summed E-state index contributed by atoms with van der Waals surface area (Å²) in [6, 6.07) is 2.15. The number of piperidine rings is 1. The van der Waals surface area contributed by atoms with Crippen LogP contribution in [0.4, 0.5) is 14.6 Å². The second-order valence-corrected chi connectivity index (χ2v) is 13.9. The van der Waals surface area contributed by atoms with Gasteiger partial charge in [0.05, 0.1) is 28.2 Å². The fourth-order valence-electron chi connectivity index (χ4n) is 8.62. The molecule has 0 aliphatic carbocycles. The minimum atomic E-state index is -0.880. The van der Waals surface area contributed by atoms with Crippen LogP contribution in [0.5, 0.6) is 6.01 Å². The third kappa shape index (κ3) is 5.02. The Hall–Kier alpha value is -3.44. The van der Waals surface area contributed by atoms with E-state index in [1.54, 1.807) is 12.4 Å². The van der Waals surface area contributed by atoms with Crippen LogP contribution in [0, 0.1) is 12.7 Å². The predicted molar refractivity (Wildman–Crippen MR) is 169 cm³/mol. The Morgan fingerprint density at radius 3 is 2.80 bits per heavy atom. The van der Waals surface area contributed by atoms with Crippen LogP contribution < -0.4 is 9.64 Å². The van der Waals surface area contributed by atoms with E-state index in [2.05, 4.69) is 33.1 Å². The van der Waals surface area contributed by atoms with Crippen molar-refractivity contribution in [2.75, 3.05) is 37.7 Å². The molecule has 4 aromatic rings. The molecule has 6 bridgehead atoms. The number of alkyl halides is 1. The van der Waals surface area contributed by atoms with E-state index in [0.717, 1.165) is 91.9 Å². The molecule has 11 heteroatoms. The van der Waals surface area contributed by atoms with Gasteiger partial charge in [-0.25, -0.2) is 8.78 Å². The Morgan fingerprint density at radius 2 is 1.89 bits per heavy atom. The van der Waals surface area contributed by atoms with E-state index in [-0.39, 0.29) is 29.4 Å². The zero-order chi connectivity index (χ0) is 30.8. The highest BCUT2D eigenvalue weighted by Crippen LogP contribution is 2.42. The number of nitrogens with one attached hydrogen (secondary N) is 1. The summed E-state index contributed by atoms with van der Waals surface area (Å²) in [6.45, 7) is 4.66. The predicted octanol–water partition coefficient (Wildman–Crippen LogP) is 5.81. The van der Waals surface area contributed by atoms with Crippen molar-refractivity contribution in [3.05, 3.63) is 35.4 Å². The number of nitrogens with zero attached hydrogens (tertiary/aromatic N) is 6. The molecule has 1 aromatic carbocycles. The van der Waals surface area contributed by atoms with Gasteiger partial charge in [0.2, 0.25) is 0 Å². The van der Waals surface area contributed by atoms with E-state index in [0.29, 0.717) is 43.7 Å². The van der Waals surface area contributed by atoms with E-state index < -0.39 is 17.6 Å². The van der Waals surface area contributed by atoms with Gasteiger partial charge in [0.25, 0.3) is 0 Å². The number of hydrogen-bond donors (Lipinski definition) is 2. The number of aromatic nitrogens is 5. The number of pyridine rings is 1. The molecule has 0 saturated carbocycles. The average molecular weight is 618 g/mol. The summed E-state index contributed by atoms with van der Waals surface area (Å²) in [5, 5.41) is 20.3. The van der Waals surface area contributed by atoms with Crippen molar-refractivity contribution in [3.63, 3.8) is 0 Å². The second-order valence-electron chi connectivity index (χ2n) is 13.9. The van der Waals surface area contributed by atoms with Crippen molar-refractivity contribution < 1.29 is 18.6 Å². The van der Waals surface area contributed by atoms with Gasteiger partial charge in [0.1, 0.15) is 29.8 Å². The first kappa shape index (κ1) is 29.0. The molecule has 238 valence electrons. The van der Waals surface area contributed by atoms with Crippen molar-refractivity contribution in [1.29, 1.82) is 0 Å². The molecule has 5 aliphatic heterocycles. The number of aryl methyl sites for hydroxylation is 1. The fourth-order valence-corrected chi connectivity index (χ4v) is 8.62. The Balaban J connectivity index is 1.29. The smallest absolute Gasteiger partial charge is 0.319 e. The summed E-state index contributed by atoms with van der Waals surface area (Å²) >= 11 is 0. The van der Waals surface area contributed by atoms with Crippen LogP contribution in [0.1, 0.15) is 75.3 Å². The van der Waals surface area contributed by atoms with Gasteiger partial charge in [0.15, 0.2) is 5.82 Å². The molecule has 3 fully saturated rings. The van der Waals surface area contributed by atoms with Crippen molar-refractivity contribution in [2.24, 2.45) is 0 Å². The fraction of sp³-hybridized carbons (Fsp3) is 0.588. The molecule has 8 heterocycles. The van der Waals surface area contributed by atoms with Gasteiger partial charge in [0, 0.05) is 43.2 Å². The topological polar surface area (TPSA) is 103 Å². The Bertz CT molecular complexity index is 1760. The molecule has 0 unspecified atom stereocenters. The zero-order valence-corrected chi connectivity index (χ0v) is 25.9. The standard InChI is InChI=1S/C34H41F2N7O2/c1-21-14-26-24(17-38-41-26)27-23(21)8-4-2-3-5-10-34(44)11-7-12-42(19-34)31-25-16-37-30(27)28(36)29(25)39-32(40-31)45-20-33-9-6-13-43(33)18-22(35)15-33/h14,16-17,22,44H,2-13,15,18-20H2,1H3,(H,38,41)/t22-,33+,34-/m1/s1. The zero-order valence-electron chi connectivity index (χ0n) is 25.9. The number of H-pyrrole nitrogens is 1. The average Bonchev–Trinajstić information content (AvgIpc) is 3.72. The van der Waals surface area contributed by atoms with Gasteiger partial charge in [-0.15, -0.1) is 0 Å². The molecule has 9 nitrogen and oxygen atoms in total. The molecular formula is C34H41F2N7O2. The monoisotopic (exact) mass is 617 g/mol. The summed E-state index contributed by atoms with van der Waals surface area (Å²) in [5.74, 6) is -0.00767. The highest BCUT2D eigenvalue weighted by Gasteiger charge is 2.49. The summed E-state index contributed by atoms with van der Waals surface area (Å²) < 4.78 is 37.8. The minimum absolute atomic E-state index is 0.0743. The van der Waals surface area contributed by atoms with Gasteiger partial charge in [-0.3, -0.25) is 15.0 Å². The molecular weight excluding hydrogens is 576 g/mol. The lowest BCUT2D eigenvalue weighted by molar-refractivity contribution is 0.0151. The number of hydrogen-bond acceptors (Lipinski definition) is 8. The quantitative estimate of drug-likeness (QED) is 0.297. The van der Waals surface area contributed by atoms with Gasteiger partial charge in [-0.05, 0) is 75.6 Å². The van der Waals surface area contributed by atoms with Crippen molar-refractivity contribution in [2.45, 2.75) is 94.9 Å². The minimum Gasteiger partial charge on any atom is -0.461 e. The van der Waals surface area contributed by atoms with Crippen molar-refractivity contribution in [3.8, 4) is 17.3 Å². The lowest BCUT2D eigenvalue weighted by Gasteiger charge is -2.40. The normalized spacial score (nSPS) is 27.5. The number of aliphatic hydroxyl groups is 1. The molecule has 9 rings (SSSR count). The number of halogens is 2. The molecule has 5 aliphatic rings. The van der Waals surface area contributed by atoms with E-state index >= 15 is 4.39 Å². The van der Waals surface area contributed by atoms with Crippen molar-refractivity contribution >= 4 is 27.6 Å². The van der Waals surface area contributed by atoms with Gasteiger partial charge in [-0.1, -0.05) is 19.3 Å². The summed E-state index contributed by atoms with van der Waals surface area (Å²) in [7, 11) is 0. The van der Waals surface area contributed by atoms with Crippen LogP contribution in [0.3, 0.4) is 0 Å². The molecule has 45 heavy (non-hydrogen) atoms. The van der Waals surface area contributed by atoms with Crippen LogP contribution in [0.2, 0.25) is 0 Å². The molecule has 3 aromatic heterocycles. The van der Waals surface area contributed by atoms with E-state index in [4.69, 9.17) is 14.7 Å². The van der Waals surface area contributed by atoms with Crippen LogP contribution in [0.25, 0.3) is 33.1 Å². The number of fused-ring (bicyclic) bond motifs is 8. The molecule has 3 saturated heterocycles. The summed E-state index contributed by atoms with van der Waals surface area (Å²) in [5.41, 5.74) is 2.86. The summed E-state index contributed by atoms with van der Waals surface area (Å²) in [6.07, 6.45) is 11.8. The van der Waals surface area contributed by atoms with Crippen LogP contribution in [-0.2, 0) is 6.42 Å². The number of anilines is 1. The molecule has 2 N–H and O–H groups in total. The maximum atomic E-state index is 17.0. The Morgan fingerprint density at radius 1 is 1.04 bits per heavy atom. The Kier molecular flexibility index (Phi) is 7.16. The highest BCUT2D eigenvalue weighted by molar-refractivity contribution is 5.99. The first-order valence-electron chi connectivity index (χ1n) is 16.6. The molecule has 0 spiro atoms. The van der Waals surface area contributed by atoms with E-state index in [1.807, 2.05) is 4.90 Å². The number of ether oxygens (including phenoxy) is 1. The van der Waals surface area contributed by atoms with Crippen LogP contribution >= 0.6 is 0 Å². The van der Waals surface area contributed by atoms with Gasteiger partial charge < -0.3 is 14.7 Å². The second kappa shape index (κ2) is 11.1. The number of benzene rings is 1. The molecule has 3 atom stereocenters. The van der Waals surface area contributed by atoms with E-state index in [1.165, 1.54) is 0 Å². The first-order valence-corrected chi connectivity index (χ1v) is 16.6. The third-order valence-corrected chi connectivity index (χ3v) is 10.9. The maximum absolute atomic E-state index is 17.0. The lowest BCUT2D eigenvalue weighted by atomic mass is 9.86. The molecule has 0 amide bonds. The van der Waals surface area contributed by atoms with Crippen LogP contribution in [-0.4, -0.2) is 85.3 Å². The first-order chi connectivity index (χ1) is 21.8. The van der Waals surface area contributed by atoms with Crippen molar-refractivity contribution in [1.82, 2.24) is 30.0 Å². The van der Waals surface area contributed by atoms with Crippen LogP contribution in [0.15, 0.2) is 18.5 Å². The largest absolute Gasteiger partial charge is 0.461 e. The third-order valence-electron chi connectivity index (χ3n) is 10.9. The highest BCUT2D eigenvalue weighted by atomic mass is 19.1. The summed E-state index contributed by atoms with van der Waals surface area (Å²) in [4.78, 5) is 18.5. The molecule has 0 radical (unpaired) electrons. The number of aromatic amines is 1. The van der Waals surface area contributed by atoms with Gasteiger partial charge >= 0.3 is 6.01 Å². The Labute approximate surface area is 261 Å². The van der Waals surface area contributed by atoms with Gasteiger partial charge in [-0.2, -0.15) is 15.1 Å². The lowest BCUT2D eigenvalue weighted by Crippen LogP contribution is -2.48.